The molecule has 21 heavy (non-hydrogen) atoms. The molecule has 0 bridgehead atoms. The third kappa shape index (κ3) is 3.82. The van der Waals surface area contributed by atoms with Gasteiger partial charge in [-0.2, -0.15) is 0 Å². The Bertz CT molecular complexity index is 470. The standard InChI is InChI=1S/C17H24FNO2/c1-4-13(5-2)17(20)19-10-12(3)21-16(11-19)14-6-8-15(18)9-7-14/h6-9,12-13,16H,4-5,10-11H2,1-3H3. The van der Waals surface area contributed by atoms with Gasteiger partial charge in [0.2, 0.25) is 5.91 Å². The van der Waals surface area contributed by atoms with E-state index in [0.29, 0.717) is 13.1 Å². The first-order valence-corrected chi connectivity index (χ1v) is 7.74. The largest absolute Gasteiger partial charge is 0.367 e. The van der Waals surface area contributed by atoms with E-state index < -0.39 is 0 Å². The summed E-state index contributed by atoms with van der Waals surface area (Å²) in [6.07, 6.45) is 1.55. The minimum atomic E-state index is -0.257. The molecule has 1 amide bonds. The first-order chi connectivity index (χ1) is 10.0. The lowest BCUT2D eigenvalue weighted by atomic mass is 9.99. The van der Waals surface area contributed by atoms with E-state index in [-0.39, 0.29) is 29.9 Å². The normalized spacial score (nSPS) is 22.6. The summed E-state index contributed by atoms with van der Waals surface area (Å²) < 4.78 is 19.0. The molecule has 1 aliphatic rings. The molecule has 2 unspecified atom stereocenters. The van der Waals surface area contributed by atoms with Gasteiger partial charge < -0.3 is 9.64 Å². The predicted molar refractivity (Wildman–Crippen MR) is 80.3 cm³/mol. The lowest BCUT2D eigenvalue weighted by Gasteiger charge is -2.38. The van der Waals surface area contributed by atoms with Crippen LogP contribution < -0.4 is 0 Å². The third-order valence-corrected chi connectivity index (χ3v) is 4.15. The minimum absolute atomic E-state index is 0.00730. The van der Waals surface area contributed by atoms with E-state index in [1.165, 1.54) is 12.1 Å². The smallest absolute Gasteiger partial charge is 0.225 e. The topological polar surface area (TPSA) is 29.5 Å². The highest BCUT2D eigenvalue weighted by Gasteiger charge is 2.31. The molecule has 0 N–H and O–H groups in total. The Hall–Kier alpha value is -1.42. The van der Waals surface area contributed by atoms with Gasteiger partial charge >= 0.3 is 0 Å². The van der Waals surface area contributed by atoms with E-state index in [1.54, 1.807) is 12.1 Å². The Morgan fingerprint density at radius 2 is 1.90 bits per heavy atom. The first kappa shape index (κ1) is 16.0. The fourth-order valence-corrected chi connectivity index (χ4v) is 2.89. The number of ether oxygens (including phenoxy) is 1. The predicted octanol–water partition coefficient (Wildman–Crippen LogP) is 3.55. The highest BCUT2D eigenvalue weighted by atomic mass is 19.1. The maximum atomic E-state index is 13.0. The number of carbonyl (C=O) groups is 1. The van der Waals surface area contributed by atoms with Gasteiger partial charge in [-0.3, -0.25) is 4.79 Å². The summed E-state index contributed by atoms with van der Waals surface area (Å²) >= 11 is 0. The molecule has 1 heterocycles. The molecule has 0 saturated carbocycles. The van der Waals surface area contributed by atoms with Crippen LogP contribution in [0.15, 0.2) is 24.3 Å². The van der Waals surface area contributed by atoms with Gasteiger partial charge in [0, 0.05) is 12.5 Å². The number of halogens is 1. The van der Waals surface area contributed by atoms with Crippen molar-refractivity contribution in [2.45, 2.75) is 45.8 Å². The van der Waals surface area contributed by atoms with Gasteiger partial charge in [-0.1, -0.05) is 26.0 Å². The van der Waals surface area contributed by atoms with Crippen molar-refractivity contribution < 1.29 is 13.9 Å². The molecule has 1 saturated heterocycles. The molecule has 4 heteroatoms. The van der Waals surface area contributed by atoms with Gasteiger partial charge in [-0.15, -0.1) is 0 Å². The van der Waals surface area contributed by atoms with E-state index in [1.807, 2.05) is 25.7 Å². The number of benzene rings is 1. The Kier molecular flexibility index (Phi) is 5.34. The van der Waals surface area contributed by atoms with E-state index in [9.17, 15) is 9.18 Å². The molecular formula is C17H24FNO2. The number of hydrogen-bond donors (Lipinski definition) is 0. The van der Waals surface area contributed by atoms with Crippen LogP contribution >= 0.6 is 0 Å². The van der Waals surface area contributed by atoms with Crippen molar-refractivity contribution in [3.05, 3.63) is 35.6 Å². The molecule has 3 nitrogen and oxygen atoms in total. The van der Waals surface area contributed by atoms with Crippen LogP contribution in [0.3, 0.4) is 0 Å². The summed E-state index contributed by atoms with van der Waals surface area (Å²) in [5.74, 6) is 0.0407. The second kappa shape index (κ2) is 7.03. The number of amides is 1. The highest BCUT2D eigenvalue weighted by Crippen LogP contribution is 2.27. The summed E-state index contributed by atoms with van der Waals surface area (Å²) in [5.41, 5.74) is 0.922. The third-order valence-electron chi connectivity index (χ3n) is 4.15. The summed E-state index contributed by atoms with van der Waals surface area (Å²) in [4.78, 5) is 14.4. The van der Waals surface area contributed by atoms with Gasteiger partial charge in [0.05, 0.1) is 12.6 Å². The van der Waals surface area contributed by atoms with Gasteiger partial charge in [-0.25, -0.2) is 4.39 Å². The maximum absolute atomic E-state index is 13.0. The average Bonchev–Trinajstić information content (AvgIpc) is 2.48. The fourth-order valence-electron chi connectivity index (χ4n) is 2.89. The zero-order valence-corrected chi connectivity index (χ0v) is 13.0. The fraction of sp³-hybridized carbons (Fsp3) is 0.588. The molecule has 116 valence electrons. The summed E-state index contributed by atoms with van der Waals surface area (Å²) in [5, 5.41) is 0. The van der Waals surface area contributed by atoms with Crippen molar-refractivity contribution in [3.63, 3.8) is 0 Å². The lowest BCUT2D eigenvalue weighted by Crippen LogP contribution is -2.48. The second-order valence-electron chi connectivity index (χ2n) is 5.74. The molecule has 0 radical (unpaired) electrons. The van der Waals surface area contributed by atoms with Crippen LogP contribution in [0.2, 0.25) is 0 Å². The maximum Gasteiger partial charge on any atom is 0.225 e. The van der Waals surface area contributed by atoms with Crippen molar-refractivity contribution >= 4 is 5.91 Å². The zero-order chi connectivity index (χ0) is 15.4. The molecule has 2 rings (SSSR count). The molecule has 0 aromatic heterocycles. The van der Waals surface area contributed by atoms with Crippen LogP contribution in [0.25, 0.3) is 0 Å². The first-order valence-electron chi connectivity index (χ1n) is 7.74. The van der Waals surface area contributed by atoms with E-state index in [0.717, 1.165) is 18.4 Å². The van der Waals surface area contributed by atoms with Crippen molar-refractivity contribution in [1.29, 1.82) is 0 Å². The van der Waals surface area contributed by atoms with Crippen molar-refractivity contribution in [1.82, 2.24) is 4.90 Å². The Labute approximate surface area is 126 Å². The van der Waals surface area contributed by atoms with E-state index in [2.05, 4.69) is 0 Å². The number of hydrogen-bond acceptors (Lipinski definition) is 2. The van der Waals surface area contributed by atoms with Crippen molar-refractivity contribution in [2.75, 3.05) is 13.1 Å². The van der Waals surface area contributed by atoms with Crippen molar-refractivity contribution in [2.24, 2.45) is 5.92 Å². The number of nitrogens with zero attached hydrogens (tertiary/aromatic N) is 1. The molecule has 1 aliphatic heterocycles. The number of morpholine rings is 1. The van der Waals surface area contributed by atoms with Gasteiger partial charge in [0.25, 0.3) is 0 Å². The SMILES string of the molecule is CCC(CC)C(=O)N1CC(C)OC(c2ccc(F)cc2)C1. The summed E-state index contributed by atoms with van der Waals surface area (Å²) in [6, 6.07) is 6.34. The molecule has 0 aliphatic carbocycles. The van der Waals surface area contributed by atoms with Crippen LogP contribution in [0, 0.1) is 11.7 Å². The van der Waals surface area contributed by atoms with Gasteiger partial charge in [0.15, 0.2) is 0 Å². The van der Waals surface area contributed by atoms with E-state index >= 15 is 0 Å². The number of rotatable bonds is 4. The van der Waals surface area contributed by atoms with Gasteiger partial charge in [-0.05, 0) is 37.5 Å². The quantitative estimate of drug-likeness (QED) is 0.849. The second-order valence-corrected chi connectivity index (χ2v) is 5.74. The minimum Gasteiger partial charge on any atom is -0.367 e. The molecule has 1 fully saturated rings. The monoisotopic (exact) mass is 293 g/mol. The zero-order valence-electron chi connectivity index (χ0n) is 13.0. The Morgan fingerprint density at radius 1 is 1.29 bits per heavy atom. The van der Waals surface area contributed by atoms with Crippen LogP contribution in [0.4, 0.5) is 4.39 Å². The number of carbonyl (C=O) groups excluding carboxylic acids is 1. The summed E-state index contributed by atoms with van der Waals surface area (Å²) in [7, 11) is 0. The summed E-state index contributed by atoms with van der Waals surface area (Å²) in [6.45, 7) is 7.25. The average molecular weight is 293 g/mol. The molecule has 1 aromatic rings. The van der Waals surface area contributed by atoms with E-state index in [4.69, 9.17) is 4.74 Å². The van der Waals surface area contributed by atoms with Crippen molar-refractivity contribution in [3.8, 4) is 0 Å². The molecule has 2 atom stereocenters. The molecule has 1 aromatic carbocycles. The van der Waals surface area contributed by atoms with Gasteiger partial charge in [0.1, 0.15) is 11.9 Å². The molecular weight excluding hydrogens is 269 g/mol. The Morgan fingerprint density at radius 3 is 2.48 bits per heavy atom. The van der Waals surface area contributed by atoms with Crippen LogP contribution in [0.5, 0.6) is 0 Å². The van der Waals surface area contributed by atoms with Crippen LogP contribution in [-0.2, 0) is 9.53 Å². The van der Waals surface area contributed by atoms with Crippen LogP contribution in [0.1, 0.15) is 45.3 Å². The Balaban J connectivity index is 2.12. The van der Waals surface area contributed by atoms with Crippen LogP contribution in [-0.4, -0.2) is 30.0 Å². The lowest BCUT2D eigenvalue weighted by molar-refractivity contribution is -0.149. The molecule has 0 spiro atoms. The highest BCUT2D eigenvalue weighted by molar-refractivity contribution is 5.79.